The van der Waals surface area contributed by atoms with Crippen LogP contribution in [0.25, 0.3) is 0 Å². The van der Waals surface area contributed by atoms with Gasteiger partial charge in [0, 0.05) is 23.8 Å². The zero-order chi connectivity index (χ0) is 17.3. The molecule has 0 saturated carbocycles. The summed E-state index contributed by atoms with van der Waals surface area (Å²) in [5.74, 6) is -0.460. The minimum Gasteiger partial charge on any atom is -0.389 e. The third-order valence-electron chi connectivity index (χ3n) is 6.69. The smallest absolute Gasteiger partial charge is 0.248 e. The first-order chi connectivity index (χ1) is 11.2. The normalized spacial score (nSPS) is 39.0. The number of fused-ring (bicyclic) bond motifs is 1. The van der Waals surface area contributed by atoms with E-state index in [1.165, 1.54) is 0 Å². The van der Waals surface area contributed by atoms with Crippen molar-refractivity contribution in [1.82, 2.24) is 0 Å². The third-order valence-corrected chi connectivity index (χ3v) is 6.69. The van der Waals surface area contributed by atoms with Gasteiger partial charge in [-0.2, -0.15) is 0 Å². The SMILES string of the molecule is C[N+]1(C)CC[C@]23CC(O)C=C[C@@]2(O)[C@H]1Cc1ccc(C(N)=O)cc13. The van der Waals surface area contributed by atoms with Gasteiger partial charge in [-0.3, -0.25) is 4.79 Å². The Hall–Kier alpha value is -1.69. The van der Waals surface area contributed by atoms with Crippen LogP contribution in [0.1, 0.15) is 34.3 Å². The van der Waals surface area contributed by atoms with Gasteiger partial charge in [-0.15, -0.1) is 0 Å². The summed E-state index contributed by atoms with van der Waals surface area (Å²) in [7, 11) is 4.32. The van der Waals surface area contributed by atoms with Crippen molar-refractivity contribution in [2.75, 3.05) is 20.6 Å². The number of likely N-dealkylation sites (N-methyl/N-ethyl adjacent to an activating group) is 1. The van der Waals surface area contributed by atoms with Crippen molar-refractivity contribution < 1.29 is 19.5 Å². The lowest BCUT2D eigenvalue weighted by molar-refractivity contribution is -0.930. The minimum atomic E-state index is -1.02. The Morgan fingerprint density at radius 2 is 2.12 bits per heavy atom. The summed E-state index contributed by atoms with van der Waals surface area (Å²) in [6.45, 7) is 0.924. The molecule has 1 saturated heterocycles. The first-order valence-electron chi connectivity index (χ1n) is 8.55. The highest BCUT2D eigenvalue weighted by molar-refractivity contribution is 5.93. The van der Waals surface area contributed by atoms with E-state index in [0.717, 1.165) is 35.0 Å². The van der Waals surface area contributed by atoms with E-state index < -0.39 is 23.0 Å². The van der Waals surface area contributed by atoms with Gasteiger partial charge in [-0.05, 0) is 35.8 Å². The number of primary amides is 1. The zero-order valence-electron chi connectivity index (χ0n) is 14.2. The van der Waals surface area contributed by atoms with Crippen LogP contribution in [0.2, 0.25) is 0 Å². The van der Waals surface area contributed by atoms with E-state index in [2.05, 4.69) is 14.1 Å². The van der Waals surface area contributed by atoms with Crippen molar-refractivity contribution in [3.05, 3.63) is 47.0 Å². The molecule has 2 bridgehead atoms. The van der Waals surface area contributed by atoms with Gasteiger partial charge in [-0.25, -0.2) is 0 Å². The quantitative estimate of drug-likeness (QED) is 0.518. The first kappa shape index (κ1) is 15.8. The molecule has 0 spiro atoms. The highest BCUT2D eigenvalue weighted by atomic mass is 16.3. The summed E-state index contributed by atoms with van der Waals surface area (Å²) in [6.07, 6.45) is 4.95. The molecule has 4 N–H and O–H groups in total. The molecule has 1 fully saturated rings. The molecule has 5 nitrogen and oxygen atoms in total. The molecule has 1 heterocycles. The monoisotopic (exact) mass is 329 g/mol. The number of carbonyl (C=O) groups is 1. The molecule has 1 aromatic rings. The number of carbonyl (C=O) groups excluding carboxylic acids is 1. The first-order valence-corrected chi connectivity index (χ1v) is 8.55. The summed E-state index contributed by atoms with van der Waals surface area (Å²) < 4.78 is 0.746. The Balaban J connectivity index is 2.00. The average Bonchev–Trinajstić information content (AvgIpc) is 2.52. The fourth-order valence-corrected chi connectivity index (χ4v) is 5.33. The van der Waals surface area contributed by atoms with Crippen LogP contribution in [-0.4, -0.2) is 59.0 Å². The molecule has 2 aliphatic carbocycles. The molecule has 4 rings (SSSR count). The molecule has 1 unspecified atom stereocenters. The molecule has 4 atom stereocenters. The Morgan fingerprint density at radius 3 is 2.83 bits per heavy atom. The summed E-state index contributed by atoms with van der Waals surface area (Å²) in [5.41, 5.74) is 6.51. The molecule has 0 radical (unpaired) electrons. The molecule has 3 aliphatic rings. The number of aliphatic hydroxyl groups excluding tert-OH is 1. The number of quaternary nitrogens is 1. The number of piperidine rings is 1. The molecule has 1 aromatic carbocycles. The van der Waals surface area contributed by atoms with E-state index in [4.69, 9.17) is 5.73 Å². The largest absolute Gasteiger partial charge is 0.389 e. The van der Waals surface area contributed by atoms with Crippen LogP contribution in [0.3, 0.4) is 0 Å². The van der Waals surface area contributed by atoms with Gasteiger partial charge < -0.3 is 20.4 Å². The second-order valence-corrected chi connectivity index (χ2v) is 8.25. The van der Waals surface area contributed by atoms with Crippen LogP contribution in [0.4, 0.5) is 0 Å². The zero-order valence-corrected chi connectivity index (χ0v) is 14.2. The van der Waals surface area contributed by atoms with E-state index in [1.54, 1.807) is 12.1 Å². The maximum atomic E-state index is 11.8. The fraction of sp³-hybridized carbons (Fsp3) is 0.526. The predicted octanol–water partition coefficient (Wildman–Crippen LogP) is 0.480. The maximum absolute atomic E-state index is 11.8. The van der Waals surface area contributed by atoms with Crippen molar-refractivity contribution in [3.63, 3.8) is 0 Å². The Morgan fingerprint density at radius 1 is 1.38 bits per heavy atom. The molecule has 24 heavy (non-hydrogen) atoms. The topological polar surface area (TPSA) is 83.6 Å². The second kappa shape index (κ2) is 4.69. The number of likely N-dealkylation sites (tertiary alicyclic amines) is 1. The highest BCUT2D eigenvalue weighted by Gasteiger charge is 2.67. The molecular formula is C19H25N2O3+. The van der Waals surface area contributed by atoms with E-state index in [9.17, 15) is 15.0 Å². The second-order valence-electron chi connectivity index (χ2n) is 8.25. The van der Waals surface area contributed by atoms with Crippen LogP contribution >= 0.6 is 0 Å². The van der Waals surface area contributed by atoms with Gasteiger partial charge in [0.15, 0.2) is 0 Å². The van der Waals surface area contributed by atoms with Crippen molar-refractivity contribution in [2.45, 2.75) is 42.4 Å². The summed E-state index contributed by atoms with van der Waals surface area (Å²) in [4.78, 5) is 11.7. The maximum Gasteiger partial charge on any atom is 0.248 e. The predicted molar refractivity (Wildman–Crippen MR) is 90.4 cm³/mol. The van der Waals surface area contributed by atoms with Crippen LogP contribution < -0.4 is 5.73 Å². The molecular weight excluding hydrogens is 304 g/mol. The lowest BCUT2D eigenvalue weighted by atomic mass is 9.50. The molecule has 0 aromatic heterocycles. The number of nitrogens with zero attached hydrogens (tertiary/aromatic N) is 1. The van der Waals surface area contributed by atoms with Gasteiger partial charge in [0.1, 0.15) is 11.6 Å². The number of rotatable bonds is 1. The third kappa shape index (κ3) is 1.83. The number of amides is 1. The van der Waals surface area contributed by atoms with Crippen LogP contribution in [0.15, 0.2) is 30.4 Å². The van der Waals surface area contributed by atoms with E-state index in [0.29, 0.717) is 12.0 Å². The summed E-state index contributed by atoms with van der Waals surface area (Å²) in [6, 6.07) is 5.62. The standard InChI is InChI=1S/C19H24N2O3/c1-21(2)8-7-18-11-14(22)5-6-19(18,24)16(21)10-12-3-4-13(17(20)23)9-15(12)18/h3-6,9,14,16,22,24H,7-8,10-11H2,1-2H3,(H-,20,23)/p+1/t14?,16-,18-,19-/m1/s1. The van der Waals surface area contributed by atoms with Crippen LogP contribution in [-0.2, 0) is 11.8 Å². The fourth-order valence-electron chi connectivity index (χ4n) is 5.33. The van der Waals surface area contributed by atoms with E-state index in [1.807, 2.05) is 18.2 Å². The molecule has 1 amide bonds. The lowest BCUT2D eigenvalue weighted by Crippen LogP contribution is -2.76. The lowest BCUT2D eigenvalue weighted by Gasteiger charge is -2.63. The number of aliphatic hydroxyl groups is 2. The minimum absolute atomic E-state index is 0.0296. The molecule has 128 valence electrons. The summed E-state index contributed by atoms with van der Waals surface area (Å²) in [5, 5.41) is 22.1. The number of benzene rings is 1. The van der Waals surface area contributed by atoms with Crippen LogP contribution in [0, 0.1) is 0 Å². The van der Waals surface area contributed by atoms with Crippen molar-refractivity contribution in [2.24, 2.45) is 5.73 Å². The summed E-state index contributed by atoms with van der Waals surface area (Å²) >= 11 is 0. The Bertz CT molecular complexity index is 757. The van der Waals surface area contributed by atoms with E-state index in [-0.39, 0.29) is 6.04 Å². The van der Waals surface area contributed by atoms with Gasteiger partial charge in [0.05, 0.1) is 26.7 Å². The molecule has 1 aliphatic heterocycles. The molecule has 5 heteroatoms. The van der Waals surface area contributed by atoms with Crippen molar-refractivity contribution >= 4 is 5.91 Å². The van der Waals surface area contributed by atoms with Gasteiger partial charge in [-0.1, -0.05) is 12.1 Å². The number of nitrogens with two attached hydrogens (primary N) is 1. The van der Waals surface area contributed by atoms with Crippen LogP contribution in [0.5, 0.6) is 0 Å². The number of hydrogen-bond donors (Lipinski definition) is 3. The van der Waals surface area contributed by atoms with Gasteiger partial charge >= 0.3 is 0 Å². The average molecular weight is 329 g/mol. The Kier molecular flexibility index (Phi) is 3.09. The number of hydrogen-bond acceptors (Lipinski definition) is 3. The highest BCUT2D eigenvalue weighted by Crippen LogP contribution is 2.57. The van der Waals surface area contributed by atoms with Crippen molar-refractivity contribution in [3.8, 4) is 0 Å². The Labute approximate surface area is 142 Å². The van der Waals surface area contributed by atoms with Crippen molar-refractivity contribution in [1.29, 1.82) is 0 Å². The van der Waals surface area contributed by atoms with E-state index >= 15 is 0 Å². The van der Waals surface area contributed by atoms with Gasteiger partial charge in [0.2, 0.25) is 5.91 Å². The van der Waals surface area contributed by atoms with Gasteiger partial charge in [0.25, 0.3) is 0 Å².